The van der Waals surface area contributed by atoms with Crippen molar-refractivity contribution in [3.05, 3.63) is 59.9 Å². The van der Waals surface area contributed by atoms with Gasteiger partial charge in [0.2, 0.25) is 0 Å². The molecule has 0 atom stereocenters. The van der Waals surface area contributed by atoms with Crippen molar-refractivity contribution in [3.8, 4) is 0 Å². The van der Waals surface area contributed by atoms with Crippen LogP contribution < -0.4 is 10.2 Å². The molecule has 27 heavy (non-hydrogen) atoms. The SMILES string of the molecule is Cc1cc(N2CCN(C)CC2)ccc1NC(=O)c1cnc2ccccc2n1. The summed E-state index contributed by atoms with van der Waals surface area (Å²) in [7, 11) is 2.15. The van der Waals surface area contributed by atoms with Gasteiger partial charge in [-0.15, -0.1) is 0 Å². The highest BCUT2D eigenvalue weighted by atomic mass is 16.1. The van der Waals surface area contributed by atoms with Crippen molar-refractivity contribution in [1.29, 1.82) is 0 Å². The topological polar surface area (TPSA) is 61.4 Å². The van der Waals surface area contributed by atoms with Crippen LogP contribution in [0.5, 0.6) is 0 Å². The molecule has 0 radical (unpaired) electrons. The van der Waals surface area contributed by atoms with Crippen LogP contribution in [0.25, 0.3) is 11.0 Å². The van der Waals surface area contributed by atoms with Gasteiger partial charge in [-0.1, -0.05) is 12.1 Å². The van der Waals surface area contributed by atoms with Gasteiger partial charge in [0.05, 0.1) is 17.2 Å². The molecule has 6 heteroatoms. The summed E-state index contributed by atoms with van der Waals surface area (Å²) in [6.07, 6.45) is 1.52. The van der Waals surface area contributed by atoms with E-state index in [0.29, 0.717) is 11.2 Å². The van der Waals surface area contributed by atoms with Crippen LogP contribution in [0.1, 0.15) is 16.1 Å². The lowest BCUT2D eigenvalue weighted by Gasteiger charge is -2.34. The fourth-order valence-electron chi connectivity index (χ4n) is 3.30. The highest BCUT2D eigenvalue weighted by molar-refractivity contribution is 6.04. The van der Waals surface area contributed by atoms with Gasteiger partial charge in [0.15, 0.2) is 0 Å². The van der Waals surface area contributed by atoms with Crippen LogP contribution in [0.2, 0.25) is 0 Å². The Bertz CT molecular complexity index is 979. The third kappa shape index (κ3) is 3.75. The molecule has 138 valence electrons. The minimum absolute atomic E-state index is 0.247. The number of aromatic nitrogens is 2. The number of rotatable bonds is 3. The zero-order chi connectivity index (χ0) is 18.8. The van der Waals surface area contributed by atoms with Gasteiger partial charge in [-0.05, 0) is 49.9 Å². The second kappa shape index (κ2) is 7.32. The molecular formula is C21H23N5O. The molecule has 1 N–H and O–H groups in total. The lowest BCUT2D eigenvalue weighted by Crippen LogP contribution is -2.44. The Balaban J connectivity index is 1.50. The van der Waals surface area contributed by atoms with E-state index in [1.54, 1.807) is 0 Å². The smallest absolute Gasteiger partial charge is 0.275 e. The Kier molecular flexibility index (Phi) is 4.73. The maximum atomic E-state index is 12.6. The molecule has 6 nitrogen and oxygen atoms in total. The van der Waals surface area contributed by atoms with Crippen molar-refractivity contribution in [1.82, 2.24) is 14.9 Å². The fourth-order valence-corrected chi connectivity index (χ4v) is 3.30. The van der Waals surface area contributed by atoms with Crippen molar-refractivity contribution in [2.24, 2.45) is 0 Å². The van der Waals surface area contributed by atoms with E-state index in [9.17, 15) is 4.79 Å². The molecule has 4 rings (SSSR count). The summed E-state index contributed by atoms with van der Waals surface area (Å²) < 4.78 is 0. The van der Waals surface area contributed by atoms with E-state index in [2.05, 4.69) is 44.3 Å². The molecule has 0 spiro atoms. The molecule has 0 aliphatic carbocycles. The molecule has 1 aromatic heterocycles. The second-order valence-electron chi connectivity index (χ2n) is 6.99. The maximum Gasteiger partial charge on any atom is 0.275 e. The minimum atomic E-state index is -0.247. The van der Waals surface area contributed by atoms with Gasteiger partial charge in [0.1, 0.15) is 5.69 Å². The van der Waals surface area contributed by atoms with E-state index < -0.39 is 0 Å². The van der Waals surface area contributed by atoms with Crippen molar-refractivity contribution in [2.75, 3.05) is 43.4 Å². The monoisotopic (exact) mass is 361 g/mol. The Morgan fingerprint density at radius 2 is 1.78 bits per heavy atom. The van der Waals surface area contributed by atoms with E-state index in [1.807, 2.05) is 37.3 Å². The van der Waals surface area contributed by atoms with Gasteiger partial charge in [-0.2, -0.15) is 0 Å². The Morgan fingerprint density at radius 3 is 2.52 bits per heavy atom. The largest absolute Gasteiger partial charge is 0.369 e. The number of nitrogens with zero attached hydrogens (tertiary/aromatic N) is 4. The number of amides is 1. The van der Waals surface area contributed by atoms with Crippen molar-refractivity contribution in [3.63, 3.8) is 0 Å². The predicted octanol–water partition coefficient (Wildman–Crippen LogP) is 2.94. The Hall–Kier alpha value is -2.99. The summed E-state index contributed by atoms with van der Waals surface area (Å²) in [6.45, 7) is 6.19. The van der Waals surface area contributed by atoms with Crippen LogP contribution in [0, 0.1) is 6.92 Å². The Morgan fingerprint density at radius 1 is 1.04 bits per heavy atom. The van der Waals surface area contributed by atoms with Crippen molar-refractivity contribution in [2.45, 2.75) is 6.92 Å². The first-order valence-electron chi connectivity index (χ1n) is 9.17. The number of carbonyl (C=O) groups is 1. The number of fused-ring (bicyclic) bond motifs is 1. The van der Waals surface area contributed by atoms with Gasteiger partial charge in [-0.3, -0.25) is 9.78 Å². The quantitative estimate of drug-likeness (QED) is 0.777. The Labute approximate surface area is 158 Å². The summed E-state index contributed by atoms with van der Waals surface area (Å²) in [4.78, 5) is 26.0. The minimum Gasteiger partial charge on any atom is -0.369 e. The molecular weight excluding hydrogens is 338 g/mol. The molecule has 1 aliphatic rings. The van der Waals surface area contributed by atoms with Crippen LogP contribution in [0.3, 0.4) is 0 Å². The van der Waals surface area contributed by atoms with E-state index >= 15 is 0 Å². The van der Waals surface area contributed by atoms with Crippen LogP contribution in [0.15, 0.2) is 48.7 Å². The molecule has 1 fully saturated rings. The standard InChI is InChI=1S/C21H23N5O/c1-15-13-16(26-11-9-25(2)10-12-26)7-8-17(15)24-21(27)20-14-22-18-5-3-4-6-19(18)23-20/h3-8,13-14H,9-12H2,1-2H3,(H,24,27). The van der Waals surface area contributed by atoms with E-state index in [0.717, 1.165) is 42.9 Å². The van der Waals surface area contributed by atoms with Gasteiger partial charge in [-0.25, -0.2) is 4.98 Å². The lowest BCUT2D eigenvalue weighted by atomic mass is 10.1. The van der Waals surface area contributed by atoms with Gasteiger partial charge >= 0.3 is 0 Å². The highest BCUT2D eigenvalue weighted by Crippen LogP contribution is 2.24. The molecule has 1 saturated heterocycles. The first-order valence-corrected chi connectivity index (χ1v) is 9.17. The number of piperazine rings is 1. The number of benzene rings is 2. The molecule has 0 saturated carbocycles. The highest BCUT2D eigenvalue weighted by Gasteiger charge is 2.16. The lowest BCUT2D eigenvalue weighted by molar-refractivity contribution is 0.102. The summed E-state index contributed by atoms with van der Waals surface area (Å²) >= 11 is 0. The third-order valence-corrected chi connectivity index (χ3v) is 5.01. The number of likely N-dealkylation sites (N-methyl/N-ethyl adjacent to an activating group) is 1. The number of anilines is 2. The number of hydrogen-bond acceptors (Lipinski definition) is 5. The molecule has 1 aliphatic heterocycles. The average Bonchev–Trinajstić information content (AvgIpc) is 2.69. The average molecular weight is 361 g/mol. The number of para-hydroxylation sites is 2. The number of aryl methyl sites for hydroxylation is 1. The zero-order valence-electron chi connectivity index (χ0n) is 15.6. The summed E-state index contributed by atoms with van der Waals surface area (Å²) in [6, 6.07) is 13.7. The first-order chi connectivity index (χ1) is 13.1. The van der Waals surface area contributed by atoms with Gasteiger partial charge in [0.25, 0.3) is 5.91 Å². The van der Waals surface area contributed by atoms with E-state index in [4.69, 9.17) is 0 Å². The van der Waals surface area contributed by atoms with Gasteiger partial charge in [0, 0.05) is 37.6 Å². The van der Waals surface area contributed by atoms with Crippen molar-refractivity contribution >= 4 is 28.3 Å². The zero-order valence-corrected chi connectivity index (χ0v) is 15.6. The number of hydrogen-bond donors (Lipinski definition) is 1. The molecule has 3 aromatic rings. The van der Waals surface area contributed by atoms with Crippen molar-refractivity contribution < 1.29 is 4.79 Å². The third-order valence-electron chi connectivity index (χ3n) is 5.01. The molecule has 1 amide bonds. The van der Waals surface area contributed by atoms with Crippen LogP contribution >= 0.6 is 0 Å². The molecule has 2 heterocycles. The summed E-state index contributed by atoms with van der Waals surface area (Å²) in [5.41, 5.74) is 4.84. The fraction of sp³-hybridized carbons (Fsp3) is 0.286. The summed E-state index contributed by atoms with van der Waals surface area (Å²) in [5, 5.41) is 2.96. The molecule has 2 aromatic carbocycles. The van der Waals surface area contributed by atoms with Crippen LogP contribution in [-0.4, -0.2) is 54.0 Å². The van der Waals surface area contributed by atoms with Gasteiger partial charge < -0.3 is 15.1 Å². The van der Waals surface area contributed by atoms with E-state index in [1.165, 1.54) is 11.9 Å². The predicted molar refractivity (Wildman–Crippen MR) is 108 cm³/mol. The normalized spacial score (nSPS) is 15.1. The summed E-state index contributed by atoms with van der Waals surface area (Å²) in [5.74, 6) is -0.247. The molecule has 0 unspecified atom stereocenters. The first kappa shape index (κ1) is 17.4. The second-order valence-corrected chi connectivity index (χ2v) is 6.99. The van der Waals surface area contributed by atoms with Crippen LogP contribution in [0.4, 0.5) is 11.4 Å². The molecule has 0 bridgehead atoms. The van der Waals surface area contributed by atoms with Crippen LogP contribution in [-0.2, 0) is 0 Å². The van der Waals surface area contributed by atoms with E-state index in [-0.39, 0.29) is 5.91 Å². The number of nitrogens with one attached hydrogen (secondary N) is 1. The maximum absolute atomic E-state index is 12.6. The number of carbonyl (C=O) groups excluding carboxylic acids is 1.